The summed E-state index contributed by atoms with van der Waals surface area (Å²) in [6.07, 6.45) is -1.08. The van der Waals surface area contributed by atoms with Crippen molar-refractivity contribution in [2.24, 2.45) is 11.8 Å². The van der Waals surface area contributed by atoms with Gasteiger partial charge in [0.15, 0.2) is 0 Å². The van der Waals surface area contributed by atoms with Crippen LogP contribution in [0.25, 0.3) is 0 Å². The van der Waals surface area contributed by atoms with E-state index in [2.05, 4.69) is 24.1 Å². The average Bonchev–Trinajstić information content (AvgIpc) is 3.65. The van der Waals surface area contributed by atoms with Crippen molar-refractivity contribution in [3.63, 3.8) is 0 Å². The lowest BCUT2D eigenvalue weighted by Gasteiger charge is -2.36. The molecule has 1 saturated heterocycles. The number of sulfonamides is 1. The normalized spacial score (nSPS) is 15.9. The van der Waals surface area contributed by atoms with Gasteiger partial charge in [-0.25, -0.2) is 18.2 Å². The van der Waals surface area contributed by atoms with Gasteiger partial charge in [0.1, 0.15) is 11.8 Å². The lowest BCUT2D eigenvalue weighted by molar-refractivity contribution is -0.127. The number of benzene rings is 2. The number of aromatic nitrogens is 1. The maximum Gasteiger partial charge on any atom is 0.321 e. The zero-order chi connectivity index (χ0) is 35.2. The van der Waals surface area contributed by atoms with Crippen LogP contribution in [0.3, 0.4) is 0 Å². The number of carbonyl (C=O) groups excluding carboxylic acids is 2. The van der Waals surface area contributed by atoms with Crippen molar-refractivity contribution in [1.82, 2.24) is 24.4 Å². The Balaban J connectivity index is 1.53. The number of aliphatic hydroxyl groups is 1. The van der Waals surface area contributed by atoms with Crippen LogP contribution in [0, 0.1) is 11.8 Å². The van der Waals surface area contributed by atoms with Gasteiger partial charge in [0.05, 0.1) is 34.3 Å². The van der Waals surface area contributed by atoms with Crippen LogP contribution in [0.1, 0.15) is 63.7 Å². The number of rotatable bonds is 16. The number of phenolic OH excluding ortho intramolecular Hbond substituents is 1. The molecule has 4 rings (SSSR count). The summed E-state index contributed by atoms with van der Waals surface area (Å²) in [6.45, 7) is 12.8. The molecule has 1 unspecified atom stereocenters. The number of amides is 3. The highest BCUT2D eigenvalue weighted by atomic mass is 32.2. The largest absolute Gasteiger partial charge is 0.508 e. The quantitative estimate of drug-likeness (QED) is 0.197. The summed E-state index contributed by atoms with van der Waals surface area (Å²) in [5.41, 5.74) is 1.65. The molecule has 48 heavy (non-hydrogen) atoms. The molecular formula is C35H49N5O6S2. The molecule has 0 saturated carbocycles. The van der Waals surface area contributed by atoms with Crippen molar-refractivity contribution >= 4 is 33.3 Å². The molecule has 1 aliphatic rings. The van der Waals surface area contributed by atoms with Gasteiger partial charge in [-0.05, 0) is 48.1 Å². The van der Waals surface area contributed by atoms with Gasteiger partial charge in [0, 0.05) is 37.5 Å². The fourth-order valence-electron chi connectivity index (χ4n) is 5.92. The topological polar surface area (TPSA) is 143 Å². The van der Waals surface area contributed by atoms with E-state index < -0.39 is 34.1 Å². The van der Waals surface area contributed by atoms with Crippen LogP contribution in [-0.4, -0.2) is 94.0 Å². The molecule has 3 atom stereocenters. The third-order valence-corrected chi connectivity index (χ3v) is 11.5. The van der Waals surface area contributed by atoms with Gasteiger partial charge in [-0.15, -0.1) is 11.3 Å². The van der Waals surface area contributed by atoms with Crippen molar-refractivity contribution < 1.29 is 28.2 Å². The zero-order valence-electron chi connectivity index (χ0n) is 28.6. The Hall–Kier alpha value is -3.52. The summed E-state index contributed by atoms with van der Waals surface area (Å²) in [4.78, 5) is 35.2. The van der Waals surface area contributed by atoms with Crippen LogP contribution >= 0.6 is 11.3 Å². The van der Waals surface area contributed by atoms with Gasteiger partial charge in [-0.1, -0.05) is 71.9 Å². The fraction of sp³-hybridized carbons (Fsp3) is 0.514. The molecule has 262 valence electrons. The van der Waals surface area contributed by atoms with Gasteiger partial charge in [0.25, 0.3) is 0 Å². The lowest BCUT2D eigenvalue weighted by Crippen LogP contribution is -2.56. The maximum absolute atomic E-state index is 14.1. The Morgan fingerprint density at radius 2 is 1.69 bits per heavy atom. The van der Waals surface area contributed by atoms with Gasteiger partial charge in [-0.3, -0.25) is 4.79 Å². The third kappa shape index (κ3) is 9.13. The number of hydrogen-bond acceptors (Lipinski definition) is 8. The number of nitrogens with zero attached hydrogens (tertiary/aromatic N) is 4. The minimum Gasteiger partial charge on any atom is -0.508 e. The second-order valence-electron chi connectivity index (χ2n) is 13.5. The molecule has 0 aliphatic carbocycles. The summed E-state index contributed by atoms with van der Waals surface area (Å²) in [5, 5.41) is 27.3. The zero-order valence-corrected chi connectivity index (χ0v) is 30.2. The van der Waals surface area contributed by atoms with Crippen LogP contribution in [0.4, 0.5) is 4.79 Å². The number of aliphatic hydroxyl groups excluding tert-OH is 1. The summed E-state index contributed by atoms with van der Waals surface area (Å²) in [6, 6.07) is 12.7. The molecule has 3 amide bonds. The van der Waals surface area contributed by atoms with E-state index in [1.165, 1.54) is 28.6 Å². The SMILES string of the molecule is CC(C)CN(C(Cc1ccccc1)[C@H](O)CNC(=O)[C@H](C(C)C)N1CCN(Cc2csc(C(C)C)n2)C1=O)S(=O)(=O)c1ccc(O)cc1. The Morgan fingerprint density at radius 3 is 2.27 bits per heavy atom. The predicted molar refractivity (Wildman–Crippen MR) is 187 cm³/mol. The summed E-state index contributed by atoms with van der Waals surface area (Å²) < 4.78 is 29.4. The Bertz CT molecular complexity index is 1610. The van der Waals surface area contributed by atoms with Crippen LogP contribution in [0.15, 0.2) is 64.9 Å². The van der Waals surface area contributed by atoms with Gasteiger partial charge >= 0.3 is 6.03 Å². The summed E-state index contributed by atoms with van der Waals surface area (Å²) >= 11 is 1.57. The molecule has 2 aromatic carbocycles. The van der Waals surface area contributed by atoms with Crippen LogP contribution in [-0.2, 0) is 27.8 Å². The van der Waals surface area contributed by atoms with E-state index >= 15 is 0 Å². The van der Waals surface area contributed by atoms with Crippen molar-refractivity contribution in [3.05, 3.63) is 76.2 Å². The molecular weight excluding hydrogens is 651 g/mol. The van der Waals surface area contributed by atoms with E-state index in [0.717, 1.165) is 16.3 Å². The van der Waals surface area contributed by atoms with Crippen molar-refractivity contribution in [3.8, 4) is 5.75 Å². The molecule has 0 radical (unpaired) electrons. The Kier molecular flexibility index (Phi) is 12.6. The first-order chi connectivity index (χ1) is 22.7. The average molecular weight is 700 g/mol. The van der Waals surface area contributed by atoms with E-state index in [1.807, 2.05) is 63.4 Å². The third-order valence-electron chi connectivity index (χ3n) is 8.35. The second-order valence-corrected chi connectivity index (χ2v) is 16.2. The molecule has 3 N–H and O–H groups in total. The van der Waals surface area contributed by atoms with E-state index in [9.17, 15) is 28.2 Å². The minimum atomic E-state index is -4.11. The Morgan fingerprint density at radius 1 is 1.02 bits per heavy atom. The smallest absolute Gasteiger partial charge is 0.321 e. The van der Waals surface area contributed by atoms with Gasteiger partial charge < -0.3 is 25.3 Å². The number of aromatic hydroxyl groups is 1. The first-order valence-electron chi connectivity index (χ1n) is 16.5. The highest BCUT2D eigenvalue weighted by Gasteiger charge is 2.40. The molecule has 0 bridgehead atoms. The first kappa shape index (κ1) is 37.3. The highest BCUT2D eigenvalue weighted by molar-refractivity contribution is 7.89. The molecule has 2 heterocycles. The standard InChI is InChI=1S/C35H49N5O6S2/c1-23(2)20-40(48(45,46)29-14-12-28(41)13-15-29)30(18-26-10-8-7-9-11-26)31(42)19-36-33(43)32(24(3)4)39-17-16-38(35(39)44)21-27-22-47-34(37-27)25(5)6/h7-15,22-25,30-32,41-42H,16-21H2,1-6H3,(H,36,43)/t30?,31-,32+/m1/s1. The minimum absolute atomic E-state index is 0.00898. The van der Waals surface area contributed by atoms with E-state index in [1.54, 1.807) is 21.1 Å². The van der Waals surface area contributed by atoms with Crippen LogP contribution in [0.2, 0.25) is 0 Å². The number of carbonyl (C=O) groups is 2. The predicted octanol–water partition coefficient (Wildman–Crippen LogP) is 4.67. The molecule has 3 aromatic rings. The lowest BCUT2D eigenvalue weighted by atomic mass is 9.99. The molecule has 1 aromatic heterocycles. The van der Waals surface area contributed by atoms with Gasteiger partial charge in [-0.2, -0.15) is 4.31 Å². The van der Waals surface area contributed by atoms with E-state index in [-0.39, 0.29) is 48.0 Å². The van der Waals surface area contributed by atoms with Crippen LogP contribution < -0.4 is 5.32 Å². The van der Waals surface area contributed by atoms with Crippen molar-refractivity contribution in [2.75, 3.05) is 26.2 Å². The van der Waals surface area contributed by atoms with Crippen molar-refractivity contribution in [2.45, 2.75) is 83.5 Å². The fourth-order valence-corrected chi connectivity index (χ4v) is 8.57. The van der Waals surface area contributed by atoms with Gasteiger partial charge in [0.2, 0.25) is 15.9 Å². The van der Waals surface area contributed by atoms with E-state index in [0.29, 0.717) is 25.6 Å². The molecule has 1 aliphatic heterocycles. The summed E-state index contributed by atoms with van der Waals surface area (Å²) in [7, 11) is -4.11. The summed E-state index contributed by atoms with van der Waals surface area (Å²) in [5.74, 6) is -0.463. The second kappa shape index (κ2) is 16.3. The molecule has 1 fully saturated rings. The number of nitrogens with one attached hydrogen (secondary N) is 1. The number of phenols is 1. The first-order valence-corrected chi connectivity index (χ1v) is 18.8. The van der Waals surface area contributed by atoms with Crippen LogP contribution in [0.5, 0.6) is 5.75 Å². The number of thiazole rings is 1. The molecule has 11 nitrogen and oxygen atoms in total. The monoisotopic (exact) mass is 699 g/mol. The number of hydrogen-bond donors (Lipinski definition) is 3. The molecule has 0 spiro atoms. The molecule has 13 heteroatoms. The van der Waals surface area contributed by atoms with Crippen molar-refractivity contribution in [1.29, 1.82) is 0 Å². The highest BCUT2D eigenvalue weighted by Crippen LogP contribution is 2.27. The number of urea groups is 1. The maximum atomic E-state index is 14.1. The van der Waals surface area contributed by atoms with E-state index in [4.69, 9.17) is 0 Å². The Labute approximate surface area is 288 Å².